The number of aldehydes is 1. The lowest BCUT2D eigenvalue weighted by Crippen LogP contribution is -2.16. The van der Waals surface area contributed by atoms with Gasteiger partial charge < -0.3 is 10.1 Å². The largest absolute Gasteiger partial charge is 0.317 e. The van der Waals surface area contributed by atoms with Crippen LogP contribution in [0.1, 0.15) is 71.1 Å². The molecule has 0 amide bonds. The lowest BCUT2D eigenvalue weighted by atomic mass is 10.2. The van der Waals surface area contributed by atoms with Gasteiger partial charge >= 0.3 is 0 Å². The molecule has 0 aromatic rings. The van der Waals surface area contributed by atoms with E-state index in [0.29, 0.717) is 6.42 Å². The molecule has 26 heavy (non-hydrogen) atoms. The molecule has 0 bridgehead atoms. The summed E-state index contributed by atoms with van der Waals surface area (Å²) in [5, 5.41) is 3.37. The van der Waals surface area contributed by atoms with Crippen molar-refractivity contribution in [2.24, 2.45) is 0 Å². The van der Waals surface area contributed by atoms with Gasteiger partial charge in [0.05, 0.1) is 0 Å². The van der Waals surface area contributed by atoms with Gasteiger partial charge in [-0.05, 0) is 70.9 Å². The average molecular weight is 358 g/mol. The van der Waals surface area contributed by atoms with Crippen molar-refractivity contribution in [3.63, 3.8) is 0 Å². The normalized spacial score (nSPS) is 12.7. The van der Waals surface area contributed by atoms with Gasteiger partial charge in [0.2, 0.25) is 0 Å². The predicted molar refractivity (Wildman–Crippen MR) is 116 cm³/mol. The van der Waals surface area contributed by atoms with Crippen LogP contribution in [0.2, 0.25) is 0 Å². The molecule has 2 nitrogen and oxygen atoms in total. The Kier molecular flexibility index (Phi) is 21.8. The summed E-state index contributed by atoms with van der Waals surface area (Å²) >= 11 is 0. The highest BCUT2D eigenvalue weighted by molar-refractivity contribution is 5.48. The monoisotopic (exact) mass is 357 g/mol. The second kappa shape index (κ2) is 23.3. The van der Waals surface area contributed by atoms with Crippen LogP contribution in [-0.4, -0.2) is 19.4 Å². The third kappa shape index (κ3) is 22.3. The minimum Gasteiger partial charge on any atom is -0.317 e. The molecule has 0 aliphatic carbocycles. The zero-order valence-electron chi connectivity index (χ0n) is 16.7. The molecule has 0 radical (unpaired) electrons. The van der Waals surface area contributed by atoms with Gasteiger partial charge in [0, 0.05) is 6.42 Å². The summed E-state index contributed by atoms with van der Waals surface area (Å²) in [7, 11) is 0. The van der Waals surface area contributed by atoms with Crippen molar-refractivity contribution in [3.05, 3.63) is 60.8 Å². The number of hydrogen-bond acceptors (Lipinski definition) is 2. The van der Waals surface area contributed by atoms with Gasteiger partial charge in [0.25, 0.3) is 0 Å². The third-order valence-corrected chi connectivity index (χ3v) is 3.81. The Bertz CT molecular complexity index is 429. The molecule has 0 unspecified atom stereocenters. The molecule has 0 aromatic heterocycles. The SMILES string of the molecule is CC/C=C\C/C=C\C/C=C\C/C=C\C/C=C\CCCCNCCCC=O. The highest BCUT2D eigenvalue weighted by Gasteiger charge is 1.88. The summed E-state index contributed by atoms with van der Waals surface area (Å²) in [5.41, 5.74) is 0. The standard InChI is InChI=1S/C24H39NO/c1-2-3-4-5-6-7-8-9-10-11-12-13-14-15-16-17-18-19-22-25-23-20-21-24-26/h3-4,6-7,9-10,12-13,15-16,24-25H,2,5,8,11,14,17-23H2,1H3/b4-3-,7-6-,10-9-,13-12-,16-15-. The number of nitrogens with one attached hydrogen (secondary N) is 1. The van der Waals surface area contributed by atoms with E-state index in [0.717, 1.165) is 64.3 Å². The van der Waals surface area contributed by atoms with Crippen LogP contribution >= 0.6 is 0 Å². The Morgan fingerprint density at radius 2 is 1.08 bits per heavy atom. The molecule has 146 valence electrons. The van der Waals surface area contributed by atoms with Crippen LogP contribution in [0, 0.1) is 0 Å². The fraction of sp³-hybridized carbons (Fsp3) is 0.542. The van der Waals surface area contributed by atoms with E-state index in [4.69, 9.17) is 0 Å². The number of carbonyl (C=O) groups excluding carboxylic acids is 1. The second-order valence-corrected chi connectivity index (χ2v) is 6.26. The van der Waals surface area contributed by atoms with Crippen LogP contribution in [0.25, 0.3) is 0 Å². The summed E-state index contributed by atoms with van der Waals surface area (Å²) in [4.78, 5) is 10.2. The molecule has 0 saturated heterocycles. The maximum atomic E-state index is 10.2. The Morgan fingerprint density at radius 1 is 0.577 bits per heavy atom. The Labute approximate surface area is 161 Å². The van der Waals surface area contributed by atoms with E-state index >= 15 is 0 Å². The summed E-state index contributed by atoms with van der Waals surface area (Å²) in [5.74, 6) is 0. The highest BCUT2D eigenvalue weighted by atomic mass is 16.1. The van der Waals surface area contributed by atoms with Crippen molar-refractivity contribution in [2.75, 3.05) is 13.1 Å². The summed E-state index contributed by atoms with van der Waals surface area (Å²) in [6, 6.07) is 0. The first-order chi connectivity index (χ1) is 12.9. The second-order valence-electron chi connectivity index (χ2n) is 6.26. The molecule has 0 spiro atoms. The van der Waals surface area contributed by atoms with E-state index in [1.54, 1.807) is 0 Å². The predicted octanol–water partition coefficient (Wildman–Crippen LogP) is 6.48. The van der Waals surface area contributed by atoms with Crippen LogP contribution in [0.5, 0.6) is 0 Å². The van der Waals surface area contributed by atoms with Crippen LogP contribution in [0.15, 0.2) is 60.8 Å². The Morgan fingerprint density at radius 3 is 1.62 bits per heavy atom. The van der Waals surface area contributed by atoms with E-state index in [1.165, 1.54) is 12.8 Å². The van der Waals surface area contributed by atoms with Crippen molar-refractivity contribution in [1.29, 1.82) is 0 Å². The molecule has 0 saturated carbocycles. The van der Waals surface area contributed by atoms with E-state index < -0.39 is 0 Å². The van der Waals surface area contributed by atoms with E-state index in [2.05, 4.69) is 73.0 Å². The minimum atomic E-state index is 0.674. The van der Waals surface area contributed by atoms with Crippen molar-refractivity contribution in [1.82, 2.24) is 5.32 Å². The number of unbranched alkanes of at least 4 members (excludes halogenated alkanes) is 3. The molecule has 2 heteroatoms. The van der Waals surface area contributed by atoms with Gasteiger partial charge in [-0.3, -0.25) is 0 Å². The van der Waals surface area contributed by atoms with Crippen LogP contribution in [0.3, 0.4) is 0 Å². The topological polar surface area (TPSA) is 29.1 Å². The van der Waals surface area contributed by atoms with Gasteiger partial charge in [-0.25, -0.2) is 0 Å². The molecule has 0 aromatic carbocycles. The number of rotatable bonds is 18. The Hall–Kier alpha value is -1.67. The van der Waals surface area contributed by atoms with Crippen LogP contribution < -0.4 is 5.32 Å². The third-order valence-electron chi connectivity index (χ3n) is 3.81. The average Bonchev–Trinajstić information content (AvgIpc) is 2.66. The first-order valence-corrected chi connectivity index (χ1v) is 10.3. The maximum absolute atomic E-state index is 10.2. The van der Waals surface area contributed by atoms with Crippen molar-refractivity contribution >= 4 is 6.29 Å². The van der Waals surface area contributed by atoms with Gasteiger partial charge in [-0.2, -0.15) is 0 Å². The molecule has 0 aliphatic heterocycles. The molecule has 0 heterocycles. The molecule has 0 rings (SSSR count). The molecular weight excluding hydrogens is 318 g/mol. The molecule has 1 N–H and O–H groups in total. The zero-order chi connectivity index (χ0) is 19.0. The van der Waals surface area contributed by atoms with Gasteiger partial charge in [-0.15, -0.1) is 0 Å². The number of carbonyl (C=O) groups is 1. The smallest absolute Gasteiger partial charge is 0.120 e. The maximum Gasteiger partial charge on any atom is 0.120 e. The molecule has 0 atom stereocenters. The summed E-state index contributed by atoms with van der Waals surface area (Å²) < 4.78 is 0. The molecular formula is C24H39NO. The fourth-order valence-corrected chi connectivity index (χ4v) is 2.32. The Balaban J connectivity index is 3.36. The van der Waals surface area contributed by atoms with E-state index in [9.17, 15) is 4.79 Å². The van der Waals surface area contributed by atoms with E-state index in [-0.39, 0.29) is 0 Å². The van der Waals surface area contributed by atoms with Gasteiger partial charge in [-0.1, -0.05) is 67.7 Å². The quantitative estimate of drug-likeness (QED) is 0.173. The van der Waals surface area contributed by atoms with Crippen LogP contribution in [-0.2, 0) is 4.79 Å². The molecule has 0 fully saturated rings. The van der Waals surface area contributed by atoms with Crippen LogP contribution in [0.4, 0.5) is 0 Å². The lowest BCUT2D eigenvalue weighted by Gasteiger charge is -2.01. The van der Waals surface area contributed by atoms with Crippen molar-refractivity contribution in [2.45, 2.75) is 71.1 Å². The number of hydrogen-bond donors (Lipinski definition) is 1. The van der Waals surface area contributed by atoms with Crippen molar-refractivity contribution in [3.8, 4) is 0 Å². The zero-order valence-corrected chi connectivity index (χ0v) is 16.7. The van der Waals surface area contributed by atoms with Gasteiger partial charge in [0.15, 0.2) is 0 Å². The number of allylic oxidation sites excluding steroid dienone is 10. The van der Waals surface area contributed by atoms with Gasteiger partial charge in [0.1, 0.15) is 6.29 Å². The summed E-state index contributed by atoms with van der Waals surface area (Å²) in [6.07, 6.45) is 33.8. The summed E-state index contributed by atoms with van der Waals surface area (Å²) in [6.45, 7) is 4.18. The lowest BCUT2D eigenvalue weighted by molar-refractivity contribution is -0.107. The highest BCUT2D eigenvalue weighted by Crippen LogP contribution is 1.99. The first kappa shape index (κ1) is 24.3. The molecule has 0 aliphatic rings. The fourth-order valence-electron chi connectivity index (χ4n) is 2.32. The minimum absolute atomic E-state index is 0.674. The van der Waals surface area contributed by atoms with E-state index in [1.807, 2.05) is 0 Å². The van der Waals surface area contributed by atoms with Crippen molar-refractivity contribution < 1.29 is 4.79 Å². The first-order valence-electron chi connectivity index (χ1n) is 10.3.